The fraction of sp³-hybridized carbons (Fsp3) is 0.250. The normalized spacial score (nSPS) is 10.5. The minimum Gasteiger partial charge on any atom is -0.468 e. The van der Waals surface area contributed by atoms with Crippen molar-refractivity contribution >= 4 is 40.9 Å². The minimum atomic E-state index is -0.467. The van der Waals surface area contributed by atoms with Gasteiger partial charge in [0, 0.05) is 0 Å². The first-order valence-corrected chi connectivity index (χ1v) is 6.37. The van der Waals surface area contributed by atoms with Gasteiger partial charge in [-0.15, -0.1) is 15.3 Å². The molecule has 8 nitrogen and oxygen atoms in total. The maximum Gasteiger partial charge on any atom is 0.327 e. The smallest absolute Gasteiger partial charge is 0.327 e. The first-order valence-electron chi connectivity index (χ1n) is 4.79. The molecule has 0 saturated heterocycles. The average Bonchev–Trinajstić information content (AvgIpc) is 2.81. The molecule has 0 radical (unpaired) electrons. The molecule has 0 fully saturated rings. The van der Waals surface area contributed by atoms with Gasteiger partial charge in [0.1, 0.15) is 6.54 Å². The highest BCUT2D eigenvalue weighted by Crippen LogP contribution is 2.31. The van der Waals surface area contributed by atoms with Crippen LogP contribution in [0.15, 0.2) is 16.1 Å². The van der Waals surface area contributed by atoms with Crippen LogP contribution in [0.3, 0.4) is 0 Å². The Labute approximate surface area is 121 Å². The van der Waals surface area contributed by atoms with Gasteiger partial charge in [0.25, 0.3) is 0 Å². The van der Waals surface area contributed by atoms with Crippen molar-refractivity contribution < 1.29 is 9.53 Å². The van der Waals surface area contributed by atoms with E-state index in [2.05, 4.69) is 30.5 Å². The Morgan fingerprint density at radius 3 is 2.95 bits per heavy atom. The van der Waals surface area contributed by atoms with Crippen LogP contribution >= 0.6 is 35.0 Å². The quantitative estimate of drug-likeness (QED) is 0.772. The van der Waals surface area contributed by atoms with Crippen LogP contribution in [0.25, 0.3) is 0 Å². The van der Waals surface area contributed by atoms with E-state index < -0.39 is 5.97 Å². The van der Waals surface area contributed by atoms with Gasteiger partial charge in [-0.25, -0.2) is 4.68 Å². The third kappa shape index (κ3) is 3.52. The molecule has 0 unspecified atom stereocenters. The lowest BCUT2D eigenvalue weighted by Crippen LogP contribution is -2.13. The van der Waals surface area contributed by atoms with Gasteiger partial charge >= 0.3 is 5.97 Å². The van der Waals surface area contributed by atoms with Crippen molar-refractivity contribution in [2.75, 3.05) is 7.11 Å². The van der Waals surface area contributed by atoms with Crippen LogP contribution in [0.2, 0.25) is 10.3 Å². The van der Waals surface area contributed by atoms with Gasteiger partial charge in [0.15, 0.2) is 10.3 Å². The first-order chi connectivity index (χ1) is 9.10. The molecule has 2 heterocycles. The minimum absolute atomic E-state index is 0.101. The van der Waals surface area contributed by atoms with Crippen molar-refractivity contribution in [3.63, 3.8) is 0 Å². The van der Waals surface area contributed by atoms with Gasteiger partial charge in [0.05, 0.1) is 12.0 Å². The number of carbonyl (C=O) groups excluding carboxylic acids is 1. The summed E-state index contributed by atoms with van der Waals surface area (Å²) in [5, 5.41) is 18.9. The van der Waals surface area contributed by atoms with E-state index in [1.165, 1.54) is 17.9 Å². The van der Waals surface area contributed by atoms with Crippen molar-refractivity contribution in [1.29, 1.82) is 0 Å². The molecule has 0 amide bonds. The highest BCUT2D eigenvalue weighted by molar-refractivity contribution is 7.99. The molecule has 2 aromatic heterocycles. The maximum atomic E-state index is 11.2. The Bertz CT molecular complexity index is 607. The van der Waals surface area contributed by atoms with E-state index in [0.29, 0.717) is 10.1 Å². The number of rotatable bonds is 4. The Morgan fingerprint density at radius 2 is 2.21 bits per heavy atom. The van der Waals surface area contributed by atoms with Crippen LogP contribution < -0.4 is 0 Å². The predicted octanol–water partition coefficient (Wildman–Crippen LogP) is 1.09. The summed E-state index contributed by atoms with van der Waals surface area (Å²) in [6, 6.07) is 1.53. The van der Waals surface area contributed by atoms with Crippen molar-refractivity contribution in [2.45, 2.75) is 16.6 Å². The third-order valence-electron chi connectivity index (χ3n) is 1.89. The second kappa shape index (κ2) is 6.13. The molecule has 0 atom stereocenters. The molecular weight excluding hydrogens is 315 g/mol. The lowest BCUT2D eigenvalue weighted by molar-refractivity contribution is -0.141. The molecule has 0 N–H and O–H groups in total. The Hall–Kier alpha value is -1.45. The molecule has 0 bridgehead atoms. The summed E-state index contributed by atoms with van der Waals surface area (Å²) in [4.78, 5) is 11.7. The number of hydrogen-bond acceptors (Lipinski definition) is 8. The Balaban J connectivity index is 2.21. The molecular formula is C8H6Cl2N6O2S. The van der Waals surface area contributed by atoms with E-state index in [-0.39, 0.29) is 16.9 Å². The molecule has 100 valence electrons. The van der Waals surface area contributed by atoms with Crippen LogP contribution in [-0.4, -0.2) is 43.5 Å². The Kier molecular flexibility index (Phi) is 4.51. The molecule has 2 rings (SSSR count). The van der Waals surface area contributed by atoms with Crippen LogP contribution in [0, 0.1) is 0 Å². The number of aromatic nitrogens is 6. The Morgan fingerprint density at radius 1 is 1.42 bits per heavy atom. The fourth-order valence-electron chi connectivity index (χ4n) is 1.06. The van der Waals surface area contributed by atoms with Gasteiger partial charge < -0.3 is 4.74 Å². The molecule has 0 aliphatic carbocycles. The highest BCUT2D eigenvalue weighted by atomic mass is 35.5. The van der Waals surface area contributed by atoms with E-state index in [9.17, 15) is 4.79 Å². The van der Waals surface area contributed by atoms with Gasteiger partial charge in [-0.3, -0.25) is 4.79 Å². The SMILES string of the molecule is COC(=O)Cn1nnnc1Sc1cc(Cl)nnc1Cl. The van der Waals surface area contributed by atoms with E-state index in [1.54, 1.807) is 0 Å². The van der Waals surface area contributed by atoms with Crippen molar-refractivity contribution in [3.05, 3.63) is 16.4 Å². The molecule has 0 aromatic carbocycles. The van der Waals surface area contributed by atoms with Crippen molar-refractivity contribution in [2.24, 2.45) is 0 Å². The zero-order valence-corrected chi connectivity index (χ0v) is 11.8. The van der Waals surface area contributed by atoms with Gasteiger partial charge in [-0.05, 0) is 28.3 Å². The highest BCUT2D eigenvalue weighted by Gasteiger charge is 2.14. The summed E-state index contributed by atoms with van der Waals surface area (Å²) in [7, 11) is 1.28. The van der Waals surface area contributed by atoms with Crippen LogP contribution in [0.4, 0.5) is 0 Å². The predicted molar refractivity (Wildman–Crippen MR) is 66.0 cm³/mol. The summed E-state index contributed by atoms with van der Waals surface area (Å²) in [6.07, 6.45) is 0. The number of ether oxygens (including phenoxy) is 1. The van der Waals surface area contributed by atoms with Crippen LogP contribution in [-0.2, 0) is 16.1 Å². The molecule has 11 heteroatoms. The molecule has 0 aliphatic rings. The molecule has 0 spiro atoms. The van der Waals surface area contributed by atoms with Gasteiger partial charge in [0.2, 0.25) is 5.16 Å². The molecule has 2 aromatic rings. The third-order valence-corrected chi connectivity index (χ3v) is 3.48. The molecule has 19 heavy (non-hydrogen) atoms. The molecule has 0 saturated carbocycles. The number of hydrogen-bond donors (Lipinski definition) is 0. The fourth-order valence-corrected chi connectivity index (χ4v) is 2.26. The van der Waals surface area contributed by atoms with E-state index in [4.69, 9.17) is 23.2 Å². The maximum absolute atomic E-state index is 11.2. The topological polar surface area (TPSA) is 95.7 Å². The van der Waals surface area contributed by atoms with E-state index >= 15 is 0 Å². The summed E-state index contributed by atoms with van der Waals surface area (Å²) >= 11 is 12.7. The number of tetrazole rings is 1. The number of nitrogens with zero attached hydrogens (tertiary/aromatic N) is 6. The lowest BCUT2D eigenvalue weighted by atomic mass is 10.6. The van der Waals surface area contributed by atoms with Crippen LogP contribution in [0.5, 0.6) is 0 Å². The summed E-state index contributed by atoms with van der Waals surface area (Å²) in [5.41, 5.74) is 0. The molecule has 0 aliphatic heterocycles. The van der Waals surface area contributed by atoms with Crippen LogP contribution in [0.1, 0.15) is 0 Å². The van der Waals surface area contributed by atoms with Gasteiger partial charge in [-0.1, -0.05) is 23.2 Å². The average molecular weight is 321 g/mol. The summed E-state index contributed by atoms with van der Waals surface area (Å²) in [6.45, 7) is -0.101. The number of methoxy groups -OCH3 is 1. The van der Waals surface area contributed by atoms with Gasteiger partial charge in [-0.2, -0.15) is 0 Å². The first kappa shape index (κ1) is 14.0. The number of carbonyl (C=O) groups is 1. The monoisotopic (exact) mass is 320 g/mol. The zero-order chi connectivity index (χ0) is 13.8. The summed E-state index contributed by atoms with van der Waals surface area (Å²) in [5.74, 6) is -0.467. The number of halogens is 2. The second-order valence-electron chi connectivity index (χ2n) is 3.12. The van der Waals surface area contributed by atoms with E-state index in [1.807, 2.05) is 0 Å². The summed E-state index contributed by atoms with van der Waals surface area (Å²) < 4.78 is 5.82. The lowest BCUT2D eigenvalue weighted by Gasteiger charge is -2.03. The standard InChI is InChI=1S/C8H6Cl2N6O2S/c1-18-6(17)3-16-8(13-14-15-16)19-4-2-5(9)11-12-7(4)10/h2H,3H2,1H3. The van der Waals surface area contributed by atoms with E-state index in [0.717, 1.165) is 11.8 Å². The second-order valence-corrected chi connectivity index (χ2v) is 4.87. The largest absolute Gasteiger partial charge is 0.468 e. The van der Waals surface area contributed by atoms with Crippen molar-refractivity contribution in [3.8, 4) is 0 Å². The van der Waals surface area contributed by atoms with Crippen molar-refractivity contribution in [1.82, 2.24) is 30.4 Å². The number of esters is 1. The zero-order valence-electron chi connectivity index (χ0n) is 9.45.